The molecule has 7 heteroatoms. The number of rotatable bonds is 5. The molecule has 5 nitrogen and oxygen atoms in total. The average molecular weight is 396 g/mol. The fraction of sp³-hybridized carbons (Fsp3) is 0.176. The van der Waals surface area contributed by atoms with Gasteiger partial charge in [0, 0.05) is 10.2 Å². The second-order valence-corrected chi connectivity index (χ2v) is 5.81. The third-order valence-corrected chi connectivity index (χ3v) is 3.65. The van der Waals surface area contributed by atoms with Crippen LogP contribution in [0.2, 0.25) is 0 Å². The first-order chi connectivity index (χ1) is 11.4. The molecule has 1 amide bonds. The first kappa shape index (κ1) is 17.9. The van der Waals surface area contributed by atoms with Crippen LogP contribution in [0.25, 0.3) is 0 Å². The number of ether oxygens (including phenoxy) is 2. The van der Waals surface area contributed by atoms with Crippen LogP contribution in [0.3, 0.4) is 0 Å². The molecule has 0 aliphatic heterocycles. The van der Waals surface area contributed by atoms with Gasteiger partial charge in [-0.15, -0.1) is 0 Å². The van der Waals surface area contributed by atoms with Crippen LogP contribution in [0.5, 0.6) is 5.75 Å². The Kier molecular flexibility index (Phi) is 5.92. The molecule has 0 aliphatic carbocycles. The summed E-state index contributed by atoms with van der Waals surface area (Å²) in [5.74, 6) is -1.50. The summed E-state index contributed by atoms with van der Waals surface area (Å²) in [6.45, 7) is 1.41. The summed E-state index contributed by atoms with van der Waals surface area (Å²) in [5, 5.41) is 2.60. The Morgan fingerprint density at radius 2 is 1.83 bits per heavy atom. The standard InChI is InChI=1S/C17H15BrFNO4/c1-10(16(21)20-12-4-6-13(23-2)7-5-12)24-17(22)14-9-11(18)3-8-15(14)19/h3-10H,1-2H3,(H,20,21)/t10-/m1/s1. The topological polar surface area (TPSA) is 64.6 Å². The van der Waals surface area contributed by atoms with Crippen molar-refractivity contribution in [3.63, 3.8) is 0 Å². The van der Waals surface area contributed by atoms with Gasteiger partial charge in [-0.25, -0.2) is 9.18 Å². The highest BCUT2D eigenvalue weighted by molar-refractivity contribution is 9.10. The van der Waals surface area contributed by atoms with Gasteiger partial charge in [0.25, 0.3) is 5.91 Å². The summed E-state index contributed by atoms with van der Waals surface area (Å²) in [6.07, 6.45) is -1.09. The van der Waals surface area contributed by atoms with Crippen LogP contribution >= 0.6 is 15.9 Å². The fourth-order valence-electron chi connectivity index (χ4n) is 1.85. The number of hydrogen-bond acceptors (Lipinski definition) is 4. The Hall–Kier alpha value is -2.41. The Balaban J connectivity index is 2.00. The van der Waals surface area contributed by atoms with Crippen LogP contribution in [-0.2, 0) is 9.53 Å². The number of esters is 1. The van der Waals surface area contributed by atoms with Gasteiger partial charge in [-0.05, 0) is 49.4 Å². The van der Waals surface area contributed by atoms with Crippen molar-refractivity contribution in [1.29, 1.82) is 0 Å². The minimum absolute atomic E-state index is 0.242. The van der Waals surface area contributed by atoms with Crippen LogP contribution < -0.4 is 10.1 Å². The molecule has 126 valence electrons. The summed E-state index contributed by atoms with van der Waals surface area (Å²) >= 11 is 3.15. The first-order valence-electron chi connectivity index (χ1n) is 7.01. The summed E-state index contributed by atoms with van der Waals surface area (Å²) < 4.78 is 24.2. The van der Waals surface area contributed by atoms with Gasteiger partial charge in [-0.3, -0.25) is 4.79 Å². The number of nitrogens with one attached hydrogen (secondary N) is 1. The van der Waals surface area contributed by atoms with Gasteiger partial charge in [-0.1, -0.05) is 15.9 Å². The quantitative estimate of drug-likeness (QED) is 0.782. The minimum Gasteiger partial charge on any atom is -0.497 e. The maximum absolute atomic E-state index is 13.7. The van der Waals surface area contributed by atoms with Crippen LogP contribution in [0.1, 0.15) is 17.3 Å². The first-order valence-corrected chi connectivity index (χ1v) is 7.81. The molecule has 24 heavy (non-hydrogen) atoms. The van der Waals surface area contributed by atoms with Crippen LogP contribution in [0.15, 0.2) is 46.9 Å². The molecule has 0 aromatic heterocycles. The second kappa shape index (κ2) is 7.92. The predicted molar refractivity (Wildman–Crippen MR) is 90.6 cm³/mol. The largest absolute Gasteiger partial charge is 0.497 e. The normalized spacial score (nSPS) is 11.5. The van der Waals surface area contributed by atoms with E-state index < -0.39 is 23.8 Å². The Morgan fingerprint density at radius 3 is 2.46 bits per heavy atom. The molecule has 1 atom stereocenters. The average Bonchev–Trinajstić information content (AvgIpc) is 2.57. The lowest BCUT2D eigenvalue weighted by molar-refractivity contribution is -0.123. The molecule has 0 radical (unpaired) electrons. The molecular weight excluding hydrogens is 381 g/mol. The summed E-state index contributed by atoms with van der Waals surface area (Å²) in [6, 6.07) is 10.6. The molecule has 0 fully saturated rings. The smallest absolute Gasteiger partial charge is 0.341 e. The molecule has 2 aromatic carbocycles. The molecule has 0 saturated carbocycles. The van der Waals surface area contributed by atoms with E-state index in [4.69, 9.17) is 9.47 Å². The number of methoxy groups -OCH3 is 1. The number of halogens is 2. The van der Waals surface area contributed by atoms with Crippen molar-refractivity contribution >= 4 is 33.5 Å². The van der Waals surface area contributed by atoms with Crippen molar-refractivity contribution in [2.75, 3.05) is 12.4 Å². The van der Waals surface area contributed by atoms with E-state index in [-0.39, 0.29) is 5.56 Å². The lowest BCUT2D eigenvalue weighted by Crippen LogP contribution is -2.30. The Morgan fingerprint density at radius 1 is 1.17 bits per heavy atom. The monoisotopic (exact) mass is 395 g/mol. The third kappa shape index (κ3) is 4.55. The number of amides is 1. The number of carbonyl (C=O) groups excluding carboxylic acids is 2. The predicted octanol–water partition coefficient (Wildman–Crippen LogP) is 3.78. The highest BCUT2D eigenvalue weighted by Crippen LogP contribution is 2.18. The second-order valence-electron chi connectivity index (χ2n) is 4.89. The molecule has 2 rings (SSSR count). The van der Waals surface area contributed by atoms with Crippen molar-refractivity contribution in [3.8, 4) is 5.75 Å². The molecule has 0 aliphatic rings. The van der Waals surface area contributed by atoms with E-state index in [0.29, 0.717) is 15.9 Å². The van der Waals surface area contributed by atoms with E-state index in [2.05, 4.69) is 21.2 Å². The zero-order chi connectivity index (χ0) is 17.7. The van der Waals surface area contributed by atoms with Crippen LogP contribution in [-0.4, -0.2) is 25.1 Å². The molecular formula is C17H15BrFNO4. The minimum atomic E-state index is -1.09. The highest BCUT2D eigenvalue weighted by atomic mass is 79.9. The van der Waals surface area contributed by atoms with Gasteiger partial charge in [-0.2, -0.15) is 0 Å². The van der Waals surface area contributed by atoms with Crippen LogP contribution in [0.4, 0.5) is 10.1 Å². The van der Waals surface area contributed by atoms with Gasteiger partial charge < -0.3 is 14.8 Å². The fourth-order valence-corrected chi connectivity index (χ4v) is 2.21. The van der Waals surface area contributed by atoms with Crippen molar-refractivity contribution in [3.05, 3.63) is 58.3 Å². The third-order valence-electron chi connectivity index (χ3n) is 3.16. The van der Waals surface area contributed by atoms with E-state index >= 15 is 0 Å². The summed E-state index contributed by atoms with van der Waals surface area (Å²) in [4.78, 5) is 24.1. The summed E-state index contributed by atoms with van der Waals surface area (Å²) in [7, 11) is 1.54. The van der Waals surface area contributed by atoms with Crippen molar-refractivity contribution < 1.29 is 23.5 Å². The van der Waals surface area contributed by atoms with E-state index in [9.17, 15) is 14.0 Å². The van der Waals surface area contributed by atoms with Crippen LogP contribution in [0, 0.1) is 5.82 Å². The lowest BCUT2D eigenvalue weighted by Gasteiger charge is -2.14. The Labute approximate surface area is 146 Å². The summed E-state index contributed by atoms with van der Waals surface area (Å²) in [5.41, 5.74) is 0.283. The zero-order valence-corrected chi connectivity index (χ0v) is 14.6. The van der Waals surface area contributed by atoms with Crippen molar-refractivity contribution in [1.82, 2.24) is 0 Å². The molecule has 0 bridgehead atoms. The van der Waals surface area contributed by atoms with E-state index in [1.165, 1.54) is 26.2 Å². The molecule has 2 aromatic rings. The van der Waals surface area contributed by atoms with Gasteiger partial charge in [0.05, 0.1) is 12.7 Å². The highest BCUT2D eigenvalue weighted by Gasteiger charge is 2.21. The molecule has 0 unspecified atom stereocenters. The number of hydrogen-bond donors (Lipinski definition) is 1. The van der Waals surface area contributed by atoms with Gasteiger partial charge in [0.2, 0.25) is 0 Å². The maximum Gasteiger partial charge on any atom is 0.341 e. The molecule has 0 heterocycles. The molecule has 0 spiro atoms. The number of anilines is 1. The SMILES string of the molecule is COc1ccc(NC(=O)[C@@H](C)OC(=O)c2cc(Br)ccc2F)cc1. The maximum atomic E-state index is 13.7. The lowest BCUT2D eigenvalue weighted by atomic mass is 10.2. The molecule has 0 saturated heterocycles. The van der Waals surface area contributed by atoms with E-state index in [1.807, 2.05) is 0 Å². The number of carbonyl (C=O) groups is 2. The van der Waals surface area contributed by atoms with E-state index in [1.54, 1.807) is 24.3 Å². The molecule has 1 N–H and O–H groups in total. The zero-order valence-electron chi connectivity index (χ0n) is 13.0. The van der Waals surface area contributed by atoms with Crippen molar-refractivity contribution in [2.24, 2.45) is 0 Å². The van der Waals surface area contributed by atoms with Gasteiger partial charge >= 0.3 is 5.97 Å². The van der Waals surface area contributed by atoms with Gasteiger partial charge in [0.15, 0.2) is 6.10 Å². The Bertz CT molecular complexity index is 749. The van der Waals surface area contributed by atoms with Gasteiger partial charge in [0.1, 0.15) is 11.6 Å². The van der Waals surface area contributed by atoms with E-state index in [0.717, 1.165) is 6.07 Å². The van der Waals surface area contributed by atoms with Crippen molar-refractivity contribution in [2.45, 2.75) is 13.0 Å². The number of benzene rings is 2.